The number of rotatable bonds is 5. The Labute approximate surface area is 172 Å². The number of phenolic OH excluding ortho intramolecular Hbond substituents is 1. The van der Waals surface area contributed by atoms with Crippen molar-refractivity contribution in [2.24, 2.45) is 0 Å². The molecule has 1 aromatic heterocycles. The predicted molar refractivity (Wildman–Crippen MR) is 111 cm³/mol. The molecular weight excluding hydrogens is 396 g/mol. The lowest BCUT2D eigenvalue weighted by Crippen LogP contribution is -1.95. The van der Waals surface area contributed by atoms with Gasteiger partial charge in [0.25, 0.3) is 0 Å². The molecule has 3 rings (SSSR count). The topological polar surface area (TPSA) is 46.3 Å². The molecule has 0 aliphatic heterocycles. The summed E-state index contributed by atoms with van der Waals surface area (Å²) in [6.45, 7) is 7.48. The molecule has 0 bridgehead atoms. The van der Waals surface area contributed by atoms with Crippen LogP contribution in [0.2, 0.25) is 0 Å². The van der Waals surface area contributed by atoms with Crippen molar-refractivity contribution in [1.29, 1.82) is 0 Å². The number of nitrogens with zero attached hydrogens (tertiary/aromatic N) is 1. The van der Waals surface area contributed by atoms with E-state index in [1.165, 1.54) is 18.2 Å². The fourth-order valence-electron chi connectivity index (χ4n) is 3.00. The molecule has 3 aromatic rings. The number of hydrogen-bond donors (Lipinski definition) is 1. The highest BCUT2D eigenvalue weighted by molar-refractivity contribution is 6.35. The molecule has 0 saturated heterocycles. The molecule has 2 aromatic carbocycles. The fourth-order valence-corrected chi connectivity index (χ4v) is 3.37. The number of benzene rings is 2. The first-order valence-electron chi connectivity index (χ1n) is 8.77. The van der Waals surface area contributed by atoms with Crippen LogP contribution in [0.5, 0.6) is 5.75 Å². The number of aromatic hydroxyl groups is 1. The van der Waals surface area contributed by atoms with Gasteiger partial charge in [-0.1, -0.05) is 47.6 Å². The van der Waals surface area contributed by atoms with Crippen LogP contribution >= 0.6 is 11.6 Å². The number of aromatic nitrogens is 1. The van der Waals surface area contributed by atoms with Crippen molar-refractivity contribution >= 4 is 17.2 Å². The SMILES string of the molecule is C=C(C)C(=C(Cl)C=CC)c1noc(-c2ccc(O)cc2F)c1-c1ccccc1F. The summed E-state index contributed by atoms with van der Waals surface area (Å²) in [5, 5.41) is 13.9. The molecule has 0 fully saturated rings. The molecule has 0 unspecified atom stereocenters. The summed E-state index contributed by atoms with van der Waals surface area (Å²) in [4.78, 5) is 0. The zero-order chi connectivity index (χ0) is 21.1. The van der Waals surface area contributed by atoms with Crippen LogP contribution in [-0.4, -0.2) is 10.3 Å². The highest BCUT2D eigenvalue weighted by Crippen LogP contribution is 2.43. The molecule has 6 heteroatoms. The average molecular weight is 414 g/mol. The molecule has 1 N–H and O–H groups in total. The van der Waals surface area contributed by atoms with Gasteiger partial charge >= 0.3 is 0 Å². The Bertz CT molecular complexity index is 1150. The van der Waals surface area contributed by atoms with E-state index in [1.807, 2.05) is 0 Å². The van der Waals surface area contributed by atoms with Gasteiger partial charge in [0.1, 0.15) is 23.1 Å². The molecule has 1 heterocycles. The van der Waals surface area contributed by atoms with Crippen molar-refractivity contribution < 1.29 is 18.4 Å². The Kier molecular flexibility index (Phi) is 5.99. The molecule has 0 radical (unpaired) electrons. The Morgan fingerprint density at radius 2 is 1.86 bits per heavy atom. The van der Waals surface area contributed by atoms with E-state index in [9.17, 15) is 13.9 Å². The summed E-state index contributed by atoms with van der Waals surface area (Å²) in [6, 6.07) is 9.66. The summed E-state index contributed by atoms with van der Waals surface area (Å²) >= 11 is 6.43. The van der Waals surface area contributed by atoms with Crippen molar-refractivity contribution in [2.75, 3.05) is 0 Å². The summed E-state index contributed by atoms with van der Waals surface area (Å²) in [5.41, 5.74) is 1.73. The van der Waals surface area contributed by atoms with Gasteiger partial charge in [0, 0.05) is 17.2 Å². The first-order chi connectivity index (χ1) is 13.8. The molecule has 29 heavy (non-hydrogen) atoms. The number of halogens is 3. The number of allylic oxidation sites excluding steroid dienone is 5. The van der Waals surface area contributed by atoms with E-state index in [-0.39, 0.29) is 33.9 Å². The monoisotopic (exact) mass is 413 g/mol. The zero-order valence-corrected chi connectivity index (χ0v) is 16.6. The van der Waals surface area contributed by atoms with E-state index in [4.69, 9.17) is 16.1 Å². The molecule has 148 valence electrons. The maximum Gasteiger partial charge on any atom is 0.178 e. The van der Waals surface area contributed by atoms with Crippen molar-refractivity contribution in [3.63, 3.8) is 0 Å². The second-order valence-electron chi connectivity index (χ2n) is 6.38. The van der Waals surface area contributed by atoms with E-state index >= 15 is 0 Å². The lowest BCUT2D eigenvalue weighted by molar-refractivity contribution is 0.427. The van der Waals surface area contributed by atoms with E-state index in [0.717, 1.165) is 6.07 Å². The molecule has 0 saturated carbocycles. The van der Waals surface area contributed by atoms with Gasteiger partial charge in [0.2, 0.25) is 0 Å². The zero-order valence-electron chi connectivity index (χ0n) is 15.8. The summed E-state index contributed by atoms with van der Waals surface area (Å²) in [7, 11) is 0. The van der Waals surface area contributed by atoms with Gasteiger partial charge < -0.3 is 9.63 Å². The maximum absolute atomic E-state index is 14.7. The minimum Gasteiger partial charge on any atom is -0.508 e. The normalized spacial score (nSPS) is 12.3. The summed E-state index contributed by atoms with van der Waals surface area (Å²) in [6.07, 6.45) is 3.40. The van der Waals surface area contributed by atoms with E-state index in [2.05, 4.69) is 11.7 Å². The summed E-state index contributed by atoms with van der Waals surface area (Å²) in [5.74, 6) is -1.48. The van der Waals surface area contributed by atoms with Crippen molar-refractivity contribution in [2.45, 2.75) is 13.8 Å². The molecular formula is C23H18ClF2NO2. The third-order valence-electron chi connectivity index (χ3n) is 4.25. The molecule has 0 spiro atoms. The maximum atomic E-state index is 14.7. The molecule has 3 nitrogen and oxygen atoms in total. The third kappa shape index (κ3) is 4.00. The Morgan fingerprint density at radius 1 is 1.14 bits per heavy atom. The lowest BCUT2D eigenvalue weighted by Gasteiger charge is -2.10. The minimum absolute atomic E-state index is 0.0197. The van der Waals surface area contributed by atoms with Crippen LogP contribution in [-0.2, 0) is 0 Å². The van der Waals surface area contributed by atoms with Crippen LogP contribution in [0.15, 0.2) is 76.3 Å². The average Bonchev–Trinajstić information content (AvgIpc) is 3.06. The molecule has 0 aliphatic rings. The standard InChI is InChI=1S/C23H18ClF2NO2/c1-4-7-17(24)20(13(2)3)22-21(15-8-5-6-9-18(15)25)23(29-27-22)16-11-10-14(28)12-19(16)26/h4-12,28H,2H2,1,3H3. The smallest absolute Gasteiger partial charge is 0.178 e. The highest BCUT2D eigenvalue weighted by Gasteiger charge is 2.27. The van der Waals surface area contributed by atoms with Gasteiger partial charge in [0.05, 0.1) is 16.2 Å². The second kappa shape index (κ2) is 8.45. The van der Waals surface area contributed by atoms with E-state index < -0.39 is 11.6 Å². The third-order valence-corrected chi connectivity index (χ3v) is 4.56. The quantitative estimate of drug-likeness (QED) is 0.454. The summed E-state index contributed by atoms with van der Waals surface area (Å²) < 4.78 is 34.8. The molecule has 0 atom stereocenters. The molecule has 0 aliphatic carbocycles. The fraction of sp³-hybridized carbons (Fsp3) is 0.0870. The highest BCUT2D eigenvalue weighted by atomic mass is 35.5. The number of hydrogen-bond acceptors (Lipinski definition) is 3. The van der Waals surface area contributed by atoms with Gasteiger partial charge in [-0.15, -0.1) is 0 Å². The number of phenols is 1. The van der Waals surface area contributed by atoms with Crippen LogP contribution in [0.1, 0.15) is 19.5 Å². The largest absolute Gasteiger partial charge is 0.508 e. The predicted octanol–water partition coefficient (Wildman–Crippen LogP) is 7.09. The van der Waals surface area contributed by atoms with E-state index in [1.54, 1.807) is 44.2 Å². The van der Waals surface area contributed by atoms with Crippen LogP contribution < -0.4 is 0 Å². The van der Waals surface area contributed by atoms with Crippen molar-refractivity contribution in [3.8, 4) is 28.2 Å². The van der Waals surface area contributed by atoms with Crippen LogP contribution in [0.25, 0.3) is 28.0 Å². The van der Waals surface area contributed by atoms with Gasteiger partial charge in [0.15, 0.2) is 5.76 Å². The first kappa shape index (κ1) is 20.6. The van der Waals surface area contributed by atoms with Crippen LogP contribution in [0.4, 0.5) is 8.78 Å². The van der Waals surface area contributed by atoms with Crippen LogP contribution in [0.3, 0.4) is 0 Å². The van der Waals surface area contributed by atoms with Gasteiger partial charge in [-0.2, -0.15) is 0 Å². The Balaban J connectivity index is 2.40. The lowest BCUT2D eigenvalue weighted by atomic mass is 9.93. The van der Waals surface area contributed by atoms with Crippen molar-refractivity contribution in [3.05, 3.63) is 89.1 Å². The van der Waals surface area contributed by atoms with Gasteiger partial charge in [-0.3, -0.25) is 0 Å². The van der Waals surface area contributed by atoms with E-state index in [0.29, 0.717) is 16.2 Å². The minimum atomic E-state index is -0.731. The Morgan fingerprint density at radius 3 is 2.48 bits per heavy atom. The van der Waals surface area contributed by atoms with Crippen LogP contribution in [0, 0.1) is 11.6 Å². The first-order valence-corrected chi connectivity index (χ1v) is 9.15. The molecule has 0 amide bonds. The Hall–Kier alpha value is -3.18. The van der Waals surface area contributed by atoms with Crippen molar-refractivity contribution in [1.82, 2.24) is 5.16 Å². The van der Waals surface area contributed by atoms with Gasteiger partial charge in [-0.05, 0) is 43.7 Å². The van der Waals surface area contributed by atoms with Gasteiger partial charge in [-0.25, -0.2) is 8.78 Å². The second-order valence-corrected chi connectivity index (χ2v) is 6.79.